The van der Waals surface area contributed by atoms with Gasteiger partial charge in [0.2, 0.25) is 0 Å². The maximum Gasteiger partial charge on any atom is 0.286 e. The van der Waals surface area contributed by atoms with Crippen LogP contribution in [0.1, 0.15) is 96.8 Å². The summed E-state index contributed by atoms with van der Waals surface area (Å²) in [6.07, 6.45) is 11.7. The van der Waals surface area contributed by atoms with Crippen molar-refractivity contribution < 1.29 is 13.2 Å². The van der Waals surface area contributed by atoms with Crippen molar-refractivity contribution in [2.75, 3.05) is 0 Å². The van der Waals surface area contributed by atoms with Crippen molar-refractivity contribution in [1.29, 1.82) is 0 Å². The highest BCUT2D eigenvalue weighted by Gasteiger charge is 2.77. The molecule has 0 heterocycles. The van der Waals surface area contributed by atoms with Crippen molar-refractivity contribution in [2.24, 2.45) is 28.1 Å². The van der Waals surface area contributed by atoms with Gasteiger partial charge in [0.15, 0.2) is 6.17 Å². The molecule has 0 aromatic carbocycles. The average molecular weight is 447 g/mol. The third-order valence-electron chi connectivity index (χ3n) is 10.5. The molecule has 0 nitrogen and oxygen atoms in total. The first-order chi connectivity index (χ1) is 12.7. The fraction of sp³-hybridized carbons (Fsp3) is 1.00. The molecule has 0 amide bonds. The lowest BCUT2D eigenvalue weighted by Gasteiger charge is -2.69. The second-order valence-electron chi connectivity index (χ2n) is 11.2. The van der Waals surface area contributed by atoms with Gasteiger partial charge in [-0.05, 0) is 99.7 Å². The molecule has 0 aromatic rings. The Morgan fingerprint density at radius 3 is 1.78 bits per heavy atom. The van der Waals surface area contributed by atoms with Gasteiger partial charge in [-0.3, -0.25) is 0 Å². The monoisotopic (exact) mass is 446 g/mol. The van der Waals surface area contributed by atoms with Crippen LogP contribution in [0.2, 0.25) is 0 Å². The number of alkyl halides is 4. The third kappa shape index (κ3) is 2.34. The van der Waals surface area contributed by atoms with E-state index in [0.29, 0.717) is 31.1 Å². The minimum atomic E-state index is -3.18. The van der Waals surface area contributed by atoms with E-state index in [0.717, 1.165) is 50.4 Å². The molecule has 7 rings (SSSR count). The van der Waals surface area contributed by atoms with Gasteiger partial charge in [0.25, 0.3) is 5.92 Å². The summed E-state index contributed by atoms with van der Waals surface area (Å²) in [5.74, 6) is -1.51. The first kappa shape index (κ1) is 19.2. The molecule has 0 radical (unpaired) electrons. The van der Waals surface area contributed by atoms with Crippen LogP contribution in [0.15, 0.2) is 0 Å². The van der Waals surface area contributed by atoms with E-state index in [9.17, 15) is 4.39 Å². The summed E-state index contributed by atoms with van der Waals surface area (Å²) in [6.45, 7) is 2.37. The van der Waals surface area contributed by atoms with E-state index in [1.807, 2.05) is 0 Å². The molecule has 7 aliphatic rings. The molecule has 7 aliphatic carbocycles. The standard InChI is InChI=1S/C23H34BrF3/c1-16-2-4-17(5-3-16)19-6-9-20(10-7-19,11-8-19)22-14-12-21(24,13-15-22)18(25)23(22,26)27/h16-18H,2-15H2,1H3. The number of hydrogen-bond acceptors (Lipinski definition) is 0. The molecule has 4 heteroatoms. The van der Waals surface area contributed by atoms with Gasteiger partial charge in [0, 0.05) is 5.41 Å². The zero-order chi connectivity index (χ0) is 19.1. The Balaban J connectivity index is 1.41. The predicted molar refractivity (Wildman–Crippen MR) is 106 cm³/mol. The van der Waals surface area contributed by atoms with Crippen LogP contribution in [0.4, 0.5) is 13.2 Å². The summed E-state index contributed by atoms with van der Waals surface area (Å²) in [6, 6.07) is 0. The minimum Gasteiger partial charge on any atom is -0.239 e. The highest BCUT2D eigenvalue weighted by Crippen LogP contribution is 2.76. The highest BCUT2D eigenvalue weighted by atomic mass is 79.9. The minimum absolute atomic E-state index is 0.306. The van der Waals surface area contributed by atoms with Gasteiger partial charge in [-0.1, -0.05) is 35.7 Å². The summed E-state index contributed by atoms with van der Waals surface area (Å²) in [7, 11) is 0. The van der Waals surface area contributed by atoms with Gasteiger partial charge < -0.3 is 0 Å². The summed E-state index contributed by atoms with van der Waals surface area (Å²) < 4.78 is 45.0. The SMILES string of the molecule is CC1CCC(C23CCC(C45CCC(Br)(CC4)C(F)C5(F)F)(CC2)CC3)CC1. The Morgan fingerprint density at radius 2 is 1.26 bits per heavy atom. The molecule has 4 bridgehead atoms. The van der Waals surface area contributed by atoms with E-state index in [1.54, 1.807) is 0 Å². The Morgan fingerprint density at radius 1 is 0.741 bits per heavy atom. The normalized spacial score (nSPS) is 57.0. The van der Waals surface area contributed by atoms with Gasteiger partial charge >= 0.3 is 0 Å². The molecule has 1 atom stereocenters. The Kier molecular flexibility index (Phi) is 4.21. The molecule has 0 spiro atoms. The topological polar surface area (TPSA) is 0 Å². The summed E-state index contributed by atoms with van der Waals surface area (Å²) in [5.41, 5.74) is -0.965. The molecule has 7 saturated carbocycles. The van der Waals surface area contributed by atoms with E-state index in [2.05, 4.69) is 22.9 Å². The molecule has 154 valence electrons. The second kappa shape index (κ2) is 5.91. The van der Waals surface area contributed by atoms with Crippen LogP contribution in [-0.2, 0) is 0 Å². The van der Waals surface area contributed by atoms with Gasteiger partial charge in [-0.25, -0.2) is 13.2 Å². The lowest BCUT2D eigenvalue weighted by molar-refractivity contribution is -0.295. The maximum absolute atomic E-state index is 15.5. The van der Waals surface area contributed by atoms with E-state index >= 15 is 8.78 Å². The zero-order valence-corrected chi connectivity index (χ0v) is 18.2. The highest BCUT2D eigenvalue weighted by molar-refractivity contribution is 9.10. The molecular formula is C23H34BrF3. The van der Waals surface area contributed by atoms with E-state index < -0.39 is 21.8 Å². The Hall–Kier alpha value is 0.270. The van der Waals surface area contributed by atoms with Crippen molar-refractivity contribution in [2.45, 2.75) is 113 Å². The van der Waals surface area contributed by atoms with Crippen LogP contribution < -0.4 is 0 Å². The van der Waals surface area contributed by atoms with Crippen LogP contribution in [-0.4, -0.2) is 16.4 Å². The molecule has 7 fully saturated rings. The first-order valence-corrected chi connectivity index (χ1v) is 12.2. The predicted octanol–water partition coefficient (Wildman–Crippen LogP) is 7.83. The Labute approximate surface area is 170 Å². The molecule has 27 heavy (non-hydrogen) atoms. The van der Waals surface area contributed by atoms with Crippen LogP contribution in [0.25, 0.3) is 0 Å². The van der Waals surface area contributed by atoms with Crippen molar-refractivity contribution in [3.63, 3.8) is 0 Å². The lowest BCUT2D eigenvalue weighted by atomic mass is 9.37. The van der Waals surface area contributed by atoms with Gasteiger partial charge in [0.05, 0.1) is 4.32 Å². The number of halogens is 4. The largest absolute Gasteiger partial charge is 0.286 e. The van der Waals surface area contributed by atoms with Crippen LogP contribution in [0, 0.1) is 28.1 Å². The van der Waals surface area contributed by atoms with Gasteiger partial charge in [0.1, 0.15) is 0 Å². The summed E-state index contributed by atoms with van der Waals surface area (Å²) in [4.78, 5) is 0. The molecule has 1 unspecified atom stereocenters. The van der Waals surface area contributed by atoms with Crippen molar-refractivity contribution >= 4 is 15.9 Å². The van der Waals surface area contributed by atoms with Crippen molar-refractivity contribution in [3.05, 3.63) is 0 Å². The number of rotatable bonds is 2. The zero-order valence-electron chi connectivity index (χ0n) is 16.6. The van der Waals surface area contributed by atoms with Crippen LogP contribution >= 0.6 is 15.9 Å². The van der Waals surface area contributed by atoms with Crippen molar-refractivity contribution in [3.8, 4) is 0 Å². The molecular weight excluding hydrogens is 413 g/mol. The van der Waals surface area contributed by atoms with Gasteiger partial charge in [-0.15, -0.1) is 0 Å². The van der Waals surface area contributed by atoms with Crippen LogP contribution in [0.5, 0.6) is 0 Å². The first-order valence-electron chi connectivity index (χ1n) is 11.4. The van der Waals surface area contributed by atoms with Crippen molar-refractivity contribution in [1.82, 2.24) is 0 Å². The summed E-state index contributed by atoms with van der Waals surface area (Å²) in [5, 5.41) is 0. The van der Waals surface area contributed by atoms with Gasteiger partial charge in [-0.2, -0.15) is 0 Å². The molecule has 0 aliphatic heterocycles. The third-order valence-corrected chi connectivity index (χ3v) is 11.7. The number of fused-ring (bicyclic) bond motifs is 6. The second-order valence-corrected chi connectivity index (χ2v) is 12.8. The van der Waals surface area contributed by atoms with E-state index in [4.69, 9.17) is 0 Å². The maximum atomic E-state index is 15.5. The fourth-order valence-corrected chi connectivity index (χ4v) is 9.23. The molecule has 0 saturated heterocycles. The van der Waals surface area contributed by atoms with E-state index in [-0.39, 0.29) is 5.41 Å². The summed E-state index contributed by atoms with van der Waals surface area (Å²) >= 11 is 3.38. The lowest BCUT2D eigenvalue weighted by Crippen LogP contribution is -2.71. The van der Waals surface area contributed by atoms with E-state index in [1.165, 1.54) is 25.7 Å². The Bertz CT molecular complexity index is 574. The molecule has 0 N–H and O–H groups in total. The number of hydrogen-bond donors (Lipinski definition) is 0. The quantitative estimate of drug-likeness (QED) is 0.379. The van der Waals surface area contributed by atoms with Crippen LogP contribution in [0.3, 0.4) is 0 Å². The average Bonchev–Trinajstić information content (AvgIpc) is 2.68. The molecule has 0 aromatic heterocycles. The smallest absolute Gasteiger partial charge is 0.239 e. The fourth-order valence-electron chi connectivity index (χ4n) is 8.55.